The fraction of sp³-hybridized carbons (Fsp3) is 0.647. The highest BCUT2D eigenvalue weighted by atomic mass is 32.2. The van der Waals surface area contributed by atoms with E-state index in [4.69, 9.17) is 4.74 Å². The minimum Gasteiger partial charge on any atom is -0.495 e. The van der Waals surface area contributed by atoms with Crippen LogP contribution in [0.1, 0.15) is 26.7 Å². The molecule has 5 nitrogen and oxygen atoms in total. The standard InChI is InChI=1S/C17H27FN2O3S/c1-13-9-14(2)12-20(11-13)8-4-7-19-24(21,22)17-10-15(18)5-6-16(17)23-3/h5-6,10,13-14,19H,4,7-9,11-12H2,1-3H3. The van der Waals surface area contributed by atoms with Crippen molar-refractivity contribution >= 4 is 10.0 Å². The van der Waals surface area contributed by atoms with Crippen molar-refractivity contribution in [3.63, 3.8) is 0 Å². The van der Waals surface area contributed by atoms with E-state index in [2.05, 4.69) is 23.5 Å². The molecule has 1 aromatic carbocycles. The summed E-state index contributed by atoms with van der Waals surface area (Å²) < 4.78 is 45.6. The Kier molecular flexibility index (Phi) is 6.60. The number of nitrogens with zero attached hydrogens (tertiary/aromatic N) is 1. The van der Waals surface area contributed by atoms with Crippen LogP contribution in [0, 0.1) is 17.7 Å². The molecule has 0 aliphatic carbocycles. The van der Waals surface area contributed by atoms with Crippen LogP contribution in [-0.2, 0) is 10.0 Å². The summed E-state index contributed by atoms with van der Waals surface area (Å²) in [6, 6.07) is 3.48. The van der Waals surface area contributed by atoms with Crippen molar-refractivity contribution in [2.45, 2.75) is 31.6 Å². The number of ether oxygens (including phenoxy) is 1. The third kappa shape index (κ3) is 5.16. The molecule has 24 heavy (non-hydrogen) atoms. The fourth-order valence-electron chi connectivity index (χ4n) is 3.42. The van der Waals surface area contributed by atoms with Gasteiger partial charge in [-0.25, -0.2) is 17.5 Å². The number of hydrogen-bond donors (Lipinski definition) is 1. The molecule has 0 bridgehead atoms. The van der Waals surface area contributed by atoms with Crippen molar-refractivity contribution in [3.05, 3.63) is 24.0 Å². The topological polar surface area (TPSA) is 58.6 Å². The average Bonchev–Trinajstić information content (AvgIpc) is 2.50. The fourth-order valence-corrected chi connectivity index (χ4v) is 4.67. The SMILES string of the molecule is COc1ccc(F)cc1S(=O)(=O)NCCCN1CC(C)CC(C)C1. The lowest BCUT2D eigenvalue weighted by Crippen LogP contribution is -2.40. The monoisotopic (exact) mass is 358 g/mol. The molecule has 0 amide bonds. The second-order valence-corrected chi connectivity index (χ2v) is 8.49. The molecular formula is C17H27FN2O3S. The second-order valence-electron chi connectivity index (χ2n) is 6.75. The summed E-state index contributed by atoms with van der Waals surface area (Å²) in [5.74, 6) is 0.902. The molecule has 1 saturated heterocycles. The number of benzene rings is 1. The molecule has 0 aromatic heterocycles. The number of rotatable bonds is 7. The van der Waals surface area contributed by atoms with Gasteiger partial charge in [-0.15, -0.1) is 0 Å². The van der Waals surface area contributed by atoms with Crippen molar-refractivity contribution < 1.29 is 17.5 Å². The molecule has 1 aromatic rings. The average molecular weight is 358 g/mol. The van der Waals surface area contributed by atoms with Gasteiger partial charge >= 0.3 is 0 Å². The van der Waals surface area contributed by atoms with Gasteiger partial charge in [0.15, 0.2) is 0 Å². The molecule has 1 N–H and O–H groups in total. The smallest absolute Gasteiger partial charge is 0.244 e. The van der Waals surface area contributed by atoms with E-state index in [1.807, 2.05) is 0 Å². The van der Waals surface area contributed by atoms with Gasteiger partial charge in [0, 0.05) is 19.6 Å². The molecule has 7 heteroatoms. The van der Waals surface area contributed by atoms with Gasteiger partial charge in [-0.05, 0) is 49.4 Å². The van der Waals surface area contributed by atoms with Crippen LogP contribution in [0.15, 0.2) is 23.1 Å². The van der Waals surface area contributed by atoms with Gasteiger partial charge in [0.25, 0.3) is 0 Å². The Morgan fingerprint density at radius 1 is 1.29 bits per heavy atom. The van der Waals surface area contributed by atoms with Crippen LogP contribution < -0.4 is 9.46 Å². The van der Waals surface area contributed by atoms with E-state index in [0.29, 0.717) is 18.4 Å². The van der Waals surface area contributed by atoms with Crippen LogP contribution in [0.5, 0.6) is 5.75 Å². The van der Waals surface area contributed by atoms with E-state index in [9.17, 15) is 12.8 Å². The van der Waals surface area contributed by atoms with Crippen LogP contribution >= 0.6 is 0 Å². The highest BCUT2D eigenvalue weighted by Crippen LogP contribution is 2.24. The van der Waals surface area contributed by atoms with Crippen LogP contribution in [0.4, 0.5) is 4.39 Å². The van der Waals surface area contributed by atoms with Crippen LogP contribution in [0.25, 0.3) is 0 Å². The molecule has 1 fully saturated rings. The molecule has 0 spiro atoms. The van der Waals surface area contributed by atoms with E-state index in [-0.39, 0.29) is 10.6 Å². The molecule has 136 valence electrons. The van der Waals surface area contributed by atoms with Gasteiger partial charge in [-0.2, -0.15) is 0 Å². The molecule has 2 unspecified atom stereocenters. The molecule has 1 aliphatic rings. The maximum absolute atomic E-state index is 13.4. The van der Waals surface area contributed by atoms with E-state index in [1.165, 1.54) is 25.7 Å². The first kappa shape index (κ1) is 19.1. The molecule has 2 atom stereocenters. The normalized spacial score (nSPS) is 22.5. The molecule has 1 heterocycles. The lowest BCUT2D eigenvalue weighted by Gasteiger charge is -2.34. The van der Waals surface area contributed by atoms with Gasteiger partial charge in [-0.1, -0.05) is 13.8 Å². The van der Waals surface area contributed by atoms with E-state index in [0.717, 1.165) is 32.1 Å². The Morgan fingerprint density at radius 3 is 2.58 bits per heavy atom. The minimum atomic E-state index is -3.78. The number of halogens is 1. The van der Waals surface area contributed by atoms with Crippen LogP contribution in [-0.4, -0.2) is 46.6 Å². The minimum absolute atomic E-state index is 0.141. The van der Waals surface area contributed by atoms with Crippen molar-refractivity contribution in [2.75, 3.05) is 33.3 Å². The lowest BCUT2D eigenvalue weighted by atomic mass is 9.92. The van der Waals surface area contributed by atoms with Gasteiger partial charge in [0.05, 0.1) is 7.11 Å². The number of hydrogen-bond acceptors (Lipinski definition) is 4. The summed E-state index contributed by atoms with van der Waals surface area (Å²) in [4.78, 5) is 2.22. The largest absolute Gasteiger partial charge is 0.495 e. The Hall–Kier alpha value is -1.18. The Labute approximate surface area is 144 Å². The quantitative estimate of drug-likeness (QED) is 0.761. The highest BCUT2D eigenvalue weighted by Gasteiger charge is 2.22. The zero-order valence-corrected chi connectivity index (χ0v) is 15.4. The third-order valence-electron chi connectivity index (χ3n) is 4.30. The predicted octanol–water partition coefficient (Wildman–Crippen LogP) is 2.48. The zero-order valence-electron chi connectivity index (χ0n) is 14.6. The molecular weight excluding hydrogens is 331 g/mol. The summed E-state index contributed by atoms with van der Waals surface area (Å²) in [5, 5.41) is 0. The van der Waals surface area contributed by atoms with Crippen molar-refractivity contribution in [1.82, 2.24) is 9.62 Å². The first-order chi connectivity index (χ1) is 11.3. The van der Waals surface area contributed by atoms with Crippen LogP contribution in [0.3, 0.4) is 0 Å². The number of likely N-dealkylation sites (tertiary alicyclic amines) is 1. The van der Waals surface area contributed by atoms with Crippen LogP contribution in [0.2, 0.25) is 0 Å². The van der Waals surface area contributed by atoms with E-state index in [1.54, 1.807) is 0 Å². The first-order valence-electron chi connectivity index (χ1n) is 8.37. The van der Waals surface area contributed by atoms with Crippen molar-refractivity contribution in [3.8, 4) is 5.75 Å². The maximum atomic E-state index is 13.4. The summed E-state index contributed by atoms with van der Waals surface area (Å²) in [7, 11) is -2.42. The number of sulfonamides is 1. The van der Waals surface area contributed by atoms with E-state index < -0.39 is 15.8 Å². The van der Waals surface area contributed by atoms with Gasteiger partial charge in [0.1, 0.15) is 16.5 Å². The molecule has 1 aliphatic heterocycles. The van der Waals surface area contributed by atoms with Crippen molar-refractivity contribution in [1.29, 1.82) is 0 Å². The number of methoxy groups -OCH3 is 1. The Morgan fingerprint density at radius 2 is 1.96 bits per heavy atom. The lowest BCUT2D eigenvalue weighted by molar-refractivity contribution is 0.140. The summed E-state index contributed by atoms with van der Waals surface area (Å²) >= 11 is 0. The zero-order chi connectivity index (χ0) is 17.7. The number of piperidine rings is 1. The summed E-state index contributed by atoms with van der Waals surface area (Å²) in [6.45, 7) is 7.81. The summed E-state index contributed by atoms with van der Waals surface area (Å²) in [5.41, 5.74) is 0. The van der Waals surface area contributed by atoms with Gasteiger partial charge < -0.3 is 9.64 Å². The van der Waals surface area contributed by atoms with Gasteiger partial charge in [-0.3, -0.25) is 0 Å². The Balaban J connectivity index is 1.88. The molecule has 2 rings (SSSR count). The molecule has 0 saturated carbocycles. The van der Waals surface area contributed by atoms with E-state index >= 15 is 0 Å². The highest BCUT2D eigenvalue weighted by molar-refractivity contribution is 7.89. The van der Waals surface area contributed by atoms with Crippen molar-refractivity contribution in [2.24, 2.45) is 11.8 Å². The Bertz CT molecular complexity index is 641. The summed E-state index contributed by atoms with van der Waals surface area (Å²) in [6.07, 6.45) is 1.97. The second kappa shape index (κ2) is 8.27. The number of nitrogens with one attached hydrogen (secondary N) is 1. The molecule has 0 radical (unpaired) electrons. The first-order valence-corrected chi connectivity index (χ1v) is 9.85. The third-order valence-corrected chi connectivity index (χ3v) is 5.79. The predicted molar refractivity (Wildman–Crippen MR) is 92.1 cm³/mol. The van der Waals surface area contributed by atoms with Gasteiger partial charge in [0.2, 0.25) is 10.0 Å². The maximum Gasteiger partial charge on any atom is 0.244 e.